The van der Waals surface area contributed by atoms with Gasteiger partial charge in [0.15, 0.2) is 5.96 Å². The second-order valence-corrected chi connectivity index (χ2v) is 4.89. The number of anilines is 1. The Bertz CT molecular complexity index is 564. The van der Waals surface area contributed by atoms with Gasteiger partial charge in [0.1, 0.15) is 5.82 Å². The summed E-state index contributed by atoms with van der Waals surface area (Å²) in [6.45, 7) is 0.321. The molecule has 0 aliphatic heterocycles. The second kappa shape index (κ2) is 6.33. The van der Waals surface area contributed by atoms with Crippen LogP contribution in [0.5, 0.6) is 0 Å². The third-order valence-electron chi connectivity index (χ3n) is 2.40. The monoisotopic (exact) mass is 321 g/mol. The molecule has 0 fully saturated rings. The van der Waals surface area contributed by atoms with E-state index in [-0.39, 0.29) is 5.82 Å². The molecule has 0 atom stereocenters. The Kier molecular flexibility index (Phi) is 4.52. The first-order chi connectivity index (χ1) is 9.13. The molecule has 0 saturated heterocycles. The smallest absolute Gasteiger partial charge is 0.193 e. The highest BCUT2D eigenvalue weighted by atomic mass is 79.9. The maximum absolute atomic E-state index is 13.2. The van der Waals surface area contributed by atoms with Crippen LogP contribution in [0.1, 0.15) is 5.56 Å². The van der Waals surface area contributed by atoms with Crippen LogP contribution in [0.4, 0.5) is 10.1 Å². The van der Waals surface area contributed by atoms with Crippen LogP contribution in [-0.2, 0) is 6.54 Å². The Balaban J connectivity index is 2.01. The highest BCUT2D eigenvalue weighted by Gasteiger charge is 1.99. The highest BCUT2D eigenvalue weighted by Crippen LogP contribution is 2.15. The van der Waals surface area contributed by atoms with Crippen molar-refractivity contribution in [3.8, 4) is 0 Å². The van der Waals surface area contributed by atoms with Gasteiger partial charge in [0.25, 0.3) is 0 Å². The van der Waals surface area contributed by atoms with Gasteiger partial charge in [-0.15, -0.1) is 0 Å². The van der Waals surface area contributed by atoms with Crippen LogP contribution in [-0.4, -0.2) is 5.96 Å². The standard InChI is InChI=1S/C14H13BrFN3/c15-11-6-10(7-12(16)8-11)9-18-14(17)19-13-4-2-1-3-5-13/h1-8H,9H2,(H3,17,18,19). The summed E-state index contributed by atoms with van der Waals surface area (Å²) in [6.07, 6.45) is 0. The molecule has 0 bridgehead atoms. The van der Waals surface area contributed by atoms with E-state index >= 15 is 0 Å². The van der Waals surface area contributed by atoms with Gasteiger partial charge in [0.2, 0.25) is 0 Å². The molecule has 98 valence electrons. The lowest BCUT2D eigenvalue weighted by Crippen LogP contribution is -2.22. The summed E-state index contributed by atoms with van der Waals surface area (Å²) in [5.41, 5.74) is 7.38. The van der Waals surface area contributed by atoms with Crippen molar-refractivity contribution < 1.29 is 4.39 Å². The lowest BCUT2D eigenvalue weighted by molar-refractivity contribution is 0.624. The molecule has 0 unspecified atom stereocenters. The van der Waals surface area contributed by atoms with Crippen molar-refractivity contribution in [2.75, 3.05) is 5.32 Å². The topological polar surface area (TPSA) is 50.4 Å². The van der Waals surface area contributed by atoms with Crippen LogP contribution in [0.3, 0.4) is 0 Å². The van der Waals surface area contributed by atoms with Crippen molar-refractivity contribution >= 4 is 27.6 Å². The number of nitrogens with two attached hydrogens (primary N) is 1. The first kappa shape index (κ1) is 13.5. The largest absolute Gasteiger partial charge is 0.370 e. The summed E-state index contributed by atoms with van der Waals surface area (Å²) in [4.78, 5) is 4.17. The molecule has 5 heteroatoms. The van der Waals surface area contributed by atoms with E-state index in [0.717, 1.165) is 11.3 Å². The van der Waals surface area contributed by atoms with Crippen LogP contribution in [0, 0.1) is 5.82 Å². The number of halogens is 2. The Morgan fingerprint density at radius 3 is 2.63 bits per heavy atom. The summed E-state index contributed by atoms with van der Waals surface area (Å²) in [7, 11) is 0. The Morgan fingerprint density at radius 1 is 1.21 bits per heavy atom. The lowest BCUT2D eigenvalue weighted by Gasteiger charge is -2.05. The molecular formula is C14H13BrFN3. The molecule has 2 aromatic rings. The Labute approximate surface area is 119 Å². The normalized spacial score (nSPS) is 11.4. The first-order valence-corrected chi connectivity index (χ1v) is 6.50. The maximum atomic E-state index is 13.2. The van der Waals surface area contributed by atoms with Crippen LogP contribution < -0.4 is 11.1 Å². The zero-order valence-corrected chi connectivity index (χ0v) is 11.7. The molecule has 0 saturated carbocycles. The number of hydrogen-bond donors (Lipinski definition) is 2. The molecule has 0 heterocycles. The molecule has 0 amide bonds. The van der Waals surface area contributed by atoms with E-state index in [4.69, 9.17) is 5.73 Å². The van der Waals surface area contributed by atoms with E-state index in [1.165, 1.54) is 12.1 Å². The molecule has 2 aromatic carbocycles. The van der Waals surface area contributed by atoms with Crippen LogP contribution in [0.25, 0.3) is 0 Å². The SMILES string of the molecule is NC(=NCc1cc(F)cc(Br)c1)Nc1ccccc1. The average molecular weight is 322 g/mol. The number of hydrogen-bond acceptors (Lipinski definition) is 1. The number of benzene rings is 2. The molecule has 0 aromatic heterocycles. The fraction of sp³-hybridized carbons (Fsp3) is 0.0714. The van der Waals surface area contributed by atoms with E-state index in [9.17, 15) is 4.39 Å². The minimum absolute atomic E-state index is 0.297. The summed E-state index contributed by atoms with van der Waals surface area (Å²) in [5, 5.41) is 2.96. The Morgan fingerprint density at radius 2 is 1.95 bits per heavy atom. The van der Waals surface area contributed by atoms with Crippen molar-refractivity contribution in [3.05, 3.63) is 64.4 Å². The van der Waals surface area contributed by atoms with Crippen molar-refractivity contribution in [3.63, 3.8) is 0 Å². The van der Waals surface area contributed by atoms with Crippen molar-refractivity contribution in [1.29, 1.82) is 0 Å². The van der Waals surface area contributed by atoms with Gasteiger partial charge in [0, 0.05) is 10.2 Å². The zero-order chi connectivity index (χ0) is 13.7. The number of nitrogens with one attached hydrogen (secondary N) is 1. The van der Waals surface area contributed by atoms with Gasteiger partial charge in [-0.2, -0.15) is 0 Å². The summed E-state index contributed by atoms with van der Waals surface area (Å²) < 4.78 is 13.9. The number of nitrogens with zero attached hydrogens (tertiary/aromatic N) is 1. The predicted molar refractivity (Wildman–Crippen MR) is 79.5 cm³/mol. The van der Waals surface area contributed by atoms with Crippen molar-refractivity contribution in [2.24, 2.45) is 10.7 Å². The van der Waals surface area contributed by atoms with Crippen molar-refractivity contribution in [1.82, 2.24) is 0 Å². The van der Waals surface area contributed by atoms with Gasteiger partial charge >= 0.3 is 0 Å². The molecule has 3 nitrogen and oxygen atoms in total. The van der Waals surface area contributed by atoms with Crippen LogP contribution in [0.2, 0.25) is 0 Å². The molecule has 0 aliphatic rings. The van der Waals surface area contributed by atoms with Gasteiger partial charge in [-0.25, -0.2) is 9.38 Å². The average Bonchev–Trinajstić information content (AvgIpc) is 2.36. The lowest BCUT2D eigenvalue weighted by atomic mass is 10.2. The number of aliphatic imine (C=N–C) groups is 1. The molecule has 3 N–H and O–H groups in total. The van der Waals surface area contributed by atoms with Gasteiger partial charge < -0.3 is 11.1 Å². The summed E-state index contributed by atoms with van der Waals surface area (Å²) in [6, 6.07) is 14.1. The Hall–Kier alpha value is -1.88. The van der Waals surface area contributed by atoms with Crippen LogP contribution >= 0.6 is 15.9 Å². The third kappa shape index (κ3) is 4.37. The third-order valence-corrected chi connectivity index (χ3v) is 2.86. The number of guanidine groups is 1. The molecule has 0 radical (unpaired) electrons. The molecule has 2 rings (SSSR count). The van der Waals surface area contributed by atoms with E-state index in [1.807, 2.05) is 36.4 Å². The fourth-order valence-corrected chi connectivity index (χ4v) is 2.10. The molecule has 0 aliphatic carbocycles. The van der Waals surface area contributed by atoms with Crippen LogP contribution in [0.15, 0.2) is 58.0 Å². The maximum Gasteiger partial charge on any atom is 0.193 e. The van der Waals surface area contributed by atoms with Gasteiger partial charge in [-0.3, -0.25) is 0 Å². The van der Waals surface area contributed by atoms with E-state index < -0.39 is 0 Å². The summed E-state index contributed by atoms with van der Waals surface area (Å²) in [5.74, 6) is 0.000693. The minimum atomic E-state index is -0.297. The number of para-hydroxylation sites is 1. The van der Waals surface area contributed by atoms with Gasteiger partial charge in [-0.1, -0.05) is 34.1 Å². The minimum Gasteiger partial charge on any atom is -0.370 e. The second-order valence-electron chi connectivity index (χ2n) is 3.97. The van der Waals surface area contributed by atoms with E-state index in [1.54, 1.807) is 0 Å². The fourth-order valence-electron chi connectivity index (χ4n) is 1.59. The highest BCUT2D eigenvalue weighted by molar-refractivity contribution is 9.10. The van der Waals surface area contributed by atoms with Gasteiger partial charge in [-0.05, 0) is 35.9 Å². The predicted octanol–water partition coefficient (Wildman–Crippen LogP) is 3.52. The zero-order valence-electron chi connectivity index (χ0n) is 10.1. The summed E-state index contributed by atoms with van der Waals surface area (Å²) >= 11 is 3.24. The number of rotatable bonds is 3. The van der Waals surface area contributed by atoms with Gasteiger partial charge in [0.05, 0.1) is 6.54 Å². The molecule has 19 heavy (non-hydrogen) atoms. The van der Waals surface area contributed by atoms with E-state index in [0.29, 0.717) is 17.0 Å². The molecular weight excluding hydrogens is 309 g/mol. The first-order valence-electron chi connectivity index (χ1n) is 5.70. The van der Waals surface area contributed by atoms with E-state index in [2.05, 4.69) is 26.2 Å². The van der Waals surface area contributed by atoms with Crippen molar-refractivity contribution in [2.45, 2.75) is 6.54 Å². The molecule has 0 spiro atoms. The quantitative estimate of drug-likeness (QED) is 0.671.